The predicted octanol–water partition coefficient (Wildman–Crippen LogP) is 4.29. The zero-order valence-corrected chi connectivity index (χ0v) is 13.3. The van der Waals surface area contributed by atoms with E-state index in [0.717, 1.165) is 0 Å². The van der Waals surface area contributed by atoms with E-state index in [0.29, 0.717) is 22.0 Å². The van der Waals surface area contributed by atoms with Crippen LogP contribution in [0.2, 0.25) is 5.02 Å². The SMILES string of the molecule is CC(C)Oc1ccc(NC(=O)c2ccc([N+](=O)[O-])cc2)cc1Cl. The molecule has 0 unspecified atom stereocenters. The lowest BCUT2D eigenvalue weighted by atomic mass is 10.2. The van der Waals surface area contributed by atoms with Crippen LogP contribution >= 0.6 is 11.6 Å². The van der Waals surface area contributed by atoms with Crippen molar-refractivity contribution < 1.29 is 14.5 Å². The molecule has 0 aliphatic heterocycles. The van der Waals surface area contributed by atoms with Crippen LogP contribution in [0.4, 0.5) is 11.4 Å². The van der Waals surface area contributed by atoms with E-state index < -0.39 is 4.92 Å². The number of ether oxygens (including phenoxy) is 1. The highest BCUT2D eigenvalue weighted by atomic mass is 35.5. The molecule has 0 aromatic heterocycles. The van der Waals surface area contributed by atoms with Gasteiger partial charge in [0.25, 0.3) is 11.6 Å². The lowest BCUT2D eigenvalue weighted by molar-refractivity contribution is -0.384. The number of carbonyl (C=O) groups is 1. The Morgan fingerprint density at radius 2 is 1.87 bits per heavy atom. The van der Waals surface area contributed by atoms with E-state index in [1.807, 2.05) is 13.8 Å². The first-order valence-corrected chi connectivity index (χ1v) is 7.26. The summed E-state index contributed by atoms with van der Waals surface area (Å²) in [6.07, 6.45) is -0.00643. The van der Waals surface area contributed by atoms with Gasteiger partial charge < -0.3 is 10.1 Å². The summed E-state index contributed by atoms with van der Waals surface area (Å²) in [5, 5.41) is 13.7. The van der Waals surface area contributed by atoms with Gasteiger partial charge in [0.05, 0.1) is 16.0 Å². The molecule has 0 bridgehead atoms. The number of anilines is 1. The lowest BCUT2D eigenvalue weighted by Gasteiger charge is -2.12. The maximum atomic E-state index is 12.1. The molecule has 7 heteroatoms. The van der Waals surface area contributed by atoms with Gasteiger partial charge in [-0.1, -0.05) is 11.6 Å². The molecule has 0 radical (unpaired) electrons. The van der Waals surface area contributed by atoms with Gasteiger partial charge in [-0.25, -0.2) is 0 Å². The Morgan fingerprint density at radius 3 is 2.39 bits per heavy atom. The van der Waals surface area contributed by atoms with Crippen molar-refractivity contribution in [2.75, 3.05) is 5.32 Å². The van der Waals surface area contributed by atoms with Gasteiger partial charge in [-0.15, -0.1) is 0 Å². The summed E-state index contributed by atoms with van der Waals surface area (Å²) in [4.78, 5) is 22.2. The maximum Gasteiger partial charge on any atom is 0.269 e. The largest absolute Gasteiger partial charge is 0.489 e. The first-order valence-electron chi connectivity index (χ1n) is 6.89. The molecule has 0 spiro atoms. The summed E-state index contributed by atoms with van der Waals surface area (Å²) in [6, 6.07) is 10.3. The summed E-state index contributed by atoms with van der Waals surface area (Å²) in [5.41, 5.74) is 0.753. The minimum absolute atomic E-state index is 0.00643. The number of hydrogen-bond donors (Lipinski definition) is 1. The number of nitro benzene ring substituents is 1. The highest BCUT2D eigenvalue weighted by molar-refractivity contribution is 6.32. The molecule has 0 saturated heterocycles. The second-order valence-corrected chi connectivity index (χ2v) is 5.48. The van der Waals surface area contributed by atoms with Crippen LogP contribution in [-0.2, 0) is 0 Å². The van der Waals surface area contributed by atoms with Crippen molar-refractivity contribution in [3.05, 3.63) is 63.2 Å². The molecule has 0 fully saturated rings. The second kappa shape index (κ2) is 7.11. The van der Waals surface area contributed by atoms with Crippen molar-refractivity contribution in [1.29, 1.82) is 0 Å². The number of carbonyl (C=O) groups excluding carboxylic acids is 1. The first-order chi connectivity index (χ1) is 10.9. The molecule has 1 amide bonds. The van der Waals surface area contributed by atoms with E-state index >= 15 is 0 Å². The van der Waals surface area contributed by atoms with Gasteiger partial charge in [-0.3, -0.25) is 14.9 Å². The van der Waals surface area contributed by atoms with Crippen LogP contribution in [-0.4, -0.2) is 16.9 Å². The fourth-order valence-corrected chi connectivity index (χ4v) is 2.09. The number of amides is 1. The third kappa shape index (κ3) is 4.43. The summed E-state index contributed by atoms with van der Waals surface area (Å²) in [6.45, 7) is 3.78. The van der Waals surface area contributed by atoms with Gasteiger partial charge in [0, 0.05) is 23.4 Å². The quantitative estimate of drug-likeness (QED) is 0.653. The third-order valence-electron chi connectivity index (χ3n) is 2.89. The number of halogens is 1. The van der Waals surface area contributed by atoms with Crippen molar-refractivity contribution in [2.24, 2.45) is 0 Å². The number of hydrogen-bond acceptors (Lipinski definition) is 4. The summed E-state index contributed by atoms with van der Waals surface area (Å²) in [7, 11) is 0. The molecule has 6 nitrogen and oxygen atoms in total. The molecule has 0 saturated carbocycles. The number of non-ortho nitro benzene ring substituents is 1. The highest BCUT2D eigenvalue weighted by Gasteiger charge is 2.11. The van der Waals surface area contributed by atoms with Crippen molar-refractivity contribution in [3.63, 3.8) is 0 Å². The van der Waals surface area contributed by atoms with Crippen LogP contribution in [0.5, 0.6) is 5.75 Å². The predicted molar refractivity (Wildman–Crippen MR) is 88.3 cm³/mol. The maximum absolute atomic E-state index is 12.1. The van der Waals surface area contributed by atoms with E-state index in [-0.39, 0.29) is 17.7 Å². The molecule has 0 atom stereocenters. The molecular formula is C16H15ClN2O4. The Bertz CT molecular complexity index is 729. The summed E-state index contributed by atoms with van der Waals surface area (Å²) >= 11 is 6.11. The standard InChI is InChI=1S/C16H15ClN2O4/c1-10(2)23-15-8-5-12(9-14(15)17)18-16(20)11-3-6-13(7-4-11)19(21)22/h3-10H,1-2H3,(H,18,20). The van der Waals surface area contributed by atoms with Crippen molar-refractivity contribution in [2.45, 2.75) is 20.0 Å². The number of benzene rings is 2. The Kier molecular flexibility index (Phi) is 5.18. The fraction of sp³-hybridized carbons (Fsp3) is 0.188. The zero-order valence-electron chi connectivity index (χ0n) is 12.6. The van der Waals surface area contributed by atoms with Crippen LogP contribution in [0.1, 0.15) is 24.2 Å². The Hall–Kier alpha value is -2.60. The van der Waals surface area contributed by atoms with E-state index in [1.165, 1.54) is 24.3 Å². The molecule has 23 heavy (non-hydrogen) atoms. The van der Waals surface area contributed by atoms with Crippen molar-refractivity contribution in [1.82, 2.24) is 0 Å². The molecule has 2 aromatic carbocycles. The average Bonchev–Trinajstić information content (AvgIpc) is 2.49. The molecule has 1 N–H and O–H groups in total. The molecule has 120 valence electrons. The first kappa shape index (κ1) is 16.8. The minimum Gasteiger partial charge on any atom is -0.489 e. The van der Waals surface area contributed by atoms with Crippen molar-refractivity contribution >= 4 is 28.9 Å². The van der Waals surface area contributed by atoms with E-state index in [9.17, 15) is 14.9 Å². The normalized spacial score (nSPS) is 10.4. The number of nitrogens with zero attached hydrogens (tertiary/aromatic N) is 1. The molecule has 0 aliphatic rings. The molecule has 0 aliphatic carbocycles. The zero-order chi connectivity index (χ0) is 17.0. The summed E-state index contributed by atoms with van der Waals surface area (Å²) < 4.78 is 5.52. The van der Waals surface area contributed by atoms with E-state index in [1.54, 1.807) is 18.2 Å². The molecule has 2 aromatic rings. The fourth-order valence-electron chi connectivity index (χ4n) is 1.87. The van der Waals surface area contributed by atoms with Crippen LogP contribution in [0.15, 0.2) is 42.5 Å². The van der Waals surface area contributed by atoms with E-state index in [2.05, 4.69) is 5.32 Å². The van der Waals surface area contributed by atoms with Gasteiger partial charge >= 0.3 is 0 Å². The van der Waals surface area contributed by atoms with Crippen molar-refractivity contribution in [3.8, 4) is 5.75 Å². The Labute approximate surface area is 138 Å². The van der Waals surface area contributed by atoms with Crippen LogP contribution < -0.4 is 10.1 Å². The van der Waals surface area contributed by atoms with Gasteiger partial charge in [-0.05, 0) is 44.2 Å². The topological polar surface area (TPSA) is 81.5 Å². The molecule has 0 heterocycles. The van der Waals surface area contributed by atoms with Gasteiger partial charge in [0.1, 0.15) is 5.75 Å². The molecule has 2 rings (SSSR count). The monoisotopic (exact) mass is 334 g/mol. The molecular weight excluding hydrogens is 320 g/mol. The average molecular weight is 335 g/mol. The smallest absolute Gasteiger partial charge is 0.269 e. The Balaban J connectivity index is 2.10. The lowest BCUT2D eigenvalue weighted by Crippen LogP contribution is -2.12. The third-order valence-corrected chi connectivity index (χ3v) is 3.19. The second-order valence-electron chi connectivity index (χ2n) is 5.07. The number of nitrogens with one attached hydrogen (secondary N) is 1. The van der Waals surface area contributed by atoms with Crippen LogP contribution in [0, 0.1) is 10.1 Å². The minimum atomic E-state index is -0.519. The summed E-state index contributed by atoms with van der Waals surface area (Å²) in [5.74, 6) is 0.156. The van der Waals surface area contributed by atoms with Gasteiger partial charge in [0.2, 0.25) is 0 Å². The van der Waals surface area contributed by atoms with Gasteiger partial charge in [0.15, 0.2) is 0 Å². The number of nitro groups is 1. The van der Waals surface area contributed by atoms with E-state index in [4.69, 9.17) is 16.3 Å². The van der Waals surface area contributed by atoms with Gasteiger partial charge in [-0.2, -0.15) is 0 Å². The van der Waals surface area contributed by atoms with Crippen LogP contribution in [0.3, 0.4) is 0 Å². The Morgan fingerprint density at radius 1 is 1.22 bits per heavy atom. The highest BCUT2D eigenvalue weighted by Crippen LogP contribution is 2.28. The van der Waals surface area contributed by atoms with Crippen LogP contribution in [0.25, 0.3) is 0 Å². The number of rotatable bonds is 5.